The number of nitrogens with zero attached hydrogens (tertiary/aromatic N) is 1. The Labute approximate surface area is 160 Å². The highest BCUT2D eigenvalue weighted by Gasteiger charge is 2.24. The summed E-state index contributed by atoms with van der Waals surface area (Å²) in [5.74, 6) is 0.722. The largest absolute Gasteiger partial charge is 0.495 e. The molecule has 4 nitrogen and oxygen atoms in total. The molecule has 0 radical (unpaired) electrons. The topological polar surface area (TPSA) is 47.9 Å². The van der Waals surface area contributed by atoms with Crippen LogP contribution in [-0.2, 0) is 9.53 Å². The fraction of sp³-hybridized carbons (Fsp3) is 0.0588. The highest BCUT2D eigenvalue weighted by Crippen LogP contribution is 2.30. The van der Waals surface area contributed by atoms with Gasteiger partial charge in [0.2, 0.25) is 5.90 Å². The molecule has 0 amide bonds. The Morgan fingerprint density at radius 3 is 2.39 bits per heavy atom. The second-order valence-corrected chi connectivity index (χ2v) is 7.04. The van der Waals surface area contributed by atoms with Gasteiger partial charge in [-0.3, -0.25) is 0 Å². The van der Waals surface area contributed by atoms with Crippen LogP contribution >= 0.6 is 45.2 Å². The molecule has 0 fully saturated rings. The Morgan fingerprint density at radius 2 is 1.78 bits per heavy atom. The van der Waals surface area contributed by atoms with Crippen LogP contribution in [0.4, 0.5) is 0 Å². The number of rotatable bonds is 3. The molecular weight excluding hydrogens is 520 g/mol. The third kappa shape index (κ3) is 3.57. The van der Waals surface area contributed by atoms with E-state index < -0.39 is 5.97 Å². The molecule has 2 aromatic carbocycles. The predicted octanol–water partition coefficient (Wildman–Crippen LogP) is 4.25. The summed E-state index contributed by atoms with van der Waals surface area (Å²) < 4.78 is 12.5. The molecule has 0 unspecified atom stereocenters. The van der Waals surface area contributed by atoms with E-state index in [-0.39, 0.29) is 0 Å². The molecule has 0 bridgehead atoms. The van der Waals surface area contributed by atoms with Crippen molar-refractivity contribution in [2.75, 3.05) is 7.11 Å². The molecular formula is C17H11I2NO3. The van der Waals surface area contributed by atoms with Crippen LogP contribution in [0.5, 0.6) is 5.75 Å². The average Bonchev–Trinajstić information content (AvgIpc) is 2.89. The second kappa shape index (κ2) is 7.00. The molecule has 6 heteroatoms. The molecule has 0 saturated heterocycles. The minimum Gasteiger partial charge on any atom is -0.495 e. The van der Waals surface area contributed by atoms with E-state index in [0.29, 0.717) is 11.6 Å². The van der Waals surface area contributed by atoms with Gasteiger partial charge in [-0.25, -0.2) is 9.79 Å². The third-order valence-electron chi connectivity index (χ3n) is 3.17. The van der Waals surface area contributed by atoms with Crippen LogP contribution in [-0.4, -0.2) is 19.0 Å². The van der Waals surface area contributed by atoms with Gasteiger partial charge in [0.25, 0.3) is 0 Å². The molecule has 2 aromatic rings. The molecule has 0 saturated carbocycles. The van der Waals surface area contributed by atoms with Crippen molar-refractivity contribution in [3.8, 4) is 5.75 Å². The first kappa shape index (κ1) is 16.4. The quantitative estimate of drug-likeness (QED) is 0.339. The Hall–Kier alpha value is -1.42. The molecule has 1 heterocycles. The van der Waals surface area contributed by atoms with Gasteiger partial charge in [-0.15, -0.1) is 0 Å². The fourth-order valence-corrected chi connectivity index (χ4v) is 4.39. The number of aliphatic imine (C=N–C) groups is 1. The molecule has 3 rings (SSSR count). The van der Waals surface area contributed by atoms with Crippen molar-refractivity contribution in [2.45, 2.75) is 0 Å². The van der Waals surface area contributed by atoms with Gasteiger partial charge in [-0.2, -0.15) is 0 Å². The summed E-state index contributed by atoms with van der Waals surface area (Å²) in [6, 6.07) is 13.3. The molecule has 0 spiro atoms. The van der Waals surface area contributed by atoms with E-state index in [2.05, 4.69) is 50.2 Å². The van der Waals surface area contributed by atoms with Crippen LogP contribution < -0.4 is 4.74 Å². The number of ether oxygens (including phenoxy) is 2. The molecule has 0 atom stereocenters. The Morgan fingerprint density at radius 1 is 1.13 bits per heavy atom. The van der Waals surface area contributed by atoms with Crippen LogP contribution in [0, 0.1) is 7.14 Å². The average molecular weight is 531 g/mol. The van der Waals surface area contributed by atoms with Crippen molar-refractivity contribution in [2.24, 2.45) is 4.99 Å². The predicted molar refractivity (Wildman–Crippen MR) is 105 cm³/mol. The number of carbonyl (C=O) groups is 1. The van der Waals surface area contributed by atoms with E-state index in [9.17, 15) is 4.79 Å². The monoisotopic (exact) mass is 531 g/mol. The van der Waals surface area contributed by atoms with Crippen molar-refractivity contribution in [1.82, 2.24) is 0 Å². The van der Waals surface area contributed by atoms with E-state index in [0.717, 1.165) is 24.0 Å². The Kier molecular flexibility index (Phi) is 5.00. The summed E-state index contributed by atoms with van der Waals surface area (Å²) in [7, 11) is 1.64. The maximum absolute atomic E-state index is 12.0. The Bertz CT molecular complexity index is 806. The SMILES string of the molecule is COc1c(I)cc(/C=C2/N=C(c3ccccc3)OC2=O)cc1I. The smallest absolute Gasteiger partial charge is 0.363 e. The molecule has 116 valence electrons. The summed E-state index contributed by atoms with van der Waals surface area (Å²) in [6.07, 6.45) is 1.72. The summed E-state index contributed by atoms with van der Waals surface area (Å²) in [6.45, 7) is 0. The minimum atomic E-state index is -0.440. The number of methoxy groups -OCH3 is 1. The number of halogens is 2. The van der Waals surface area contributed by atoms with Gasteiger partial charge in [0.15, 0.2) is 5.70 Å². The summed E-state index contributed by atoms with van der Waals surface area (Å²) >= 11 is 4.41. The van der Waals surface area contributed by atoms with E-state index in [1.54, 1.807) is 13.2 Å². The standard InChI is InChI=1S/C17H11I2NO3/c1-22-15-12(18)7-10(8-13(15)19)9-14-17(21)23-16(20-14)11-5-3-2-4-6-11/h2-9H,1H3/b14-9+. The van der Waals surface area contributed by atoms with E-state index in [1.165, 1.54) is 0 Å². The number of esters is 1. The van der Waals surface area contributed by atoms with Crippen molar-refractivity contribution >= 4 is 63.1 Å². The fourth-order valence-electron chi connectivity index (χ4n) is 2.13. The normalized spacial score (nSPS) is 15.5. The molecule has 23 heavy (non-hydrogen) atoms. The van der Waals surface area contributed by atoms with Crippen LogP contribution in [0.1, 0.15) is 11.1 Å². The van der Waals surface area contributed by atoms with Crippen molar-refractivity contribution < 1.29 is 14.3 Å². The highest BCUT2D eigenvalue weighted by atomic mass is 127. The maximum atomic E-state index is 12.0. The molecule has 0 aliphatic carbocycles. The molecule has 0 N–H and O–H groups in total. The minimum absolute atomic E-state index is 0.292. The first-order chi connectivity index (χ1) is 11.1. The van der Waals surface area contributed by atoms with Crippen LogP contribution in [0.3, 0.4) is 0 Å². The van der Waals surface area contributed by atoms with Crippen LogP contribution in [0.2, 0.25) is 0 Å². The van der Waals surface area contributed by atoms with Gasteiger partial charge < -0.3 is 9.47 Å². The molecule has 1 aliphatic heterocycles. The van der Waals surface area contributed by atoms with Crippen LogP contribution in [0.25, 0.3) is 6.08 Å². The van der Waals surface area contributed by atoms with Crippen molar-refractivity contribution in [3.05, 3.63) is 66.4 Å². The van der Waals surface area contributed by atoms with Crippen molar-refractivity contribution in [1.29, 1.82) is 0 Å². The first-order valence-corrected chi connectivity index (χ1v) is 8.85. The van der Waals surface area contributed by atoms with E-state index in [4.69, 9.17) is 9.47 Å². The van der Waals surface area contributed by atoms with Gasteiger partial charge in [-0.05, 0) is 81.1 Å². The Balaban J connectivity index is 1.97. The lowest BCUT2D eigenvalue weighted by Crippen LogP contribution is -2.04. The lowest BCUT2D eigenvalue weighted by molar-refractivity contribution is -0.129. The zero-order valence-electron chi connectivity index (χ0n) is 12.0. The van der Waals surface area contributed by atoms with Gasteiger partial charge in [-0.1, -0.05) is 18.2 Å². The zero-order chi connectivity index (χ0) is 16.4. The van der Waals surface area contributed by atoms with Gasteiger partial charge in [0.05, 0.1) is 14.3 Å². The summed E-state index contributed by atoms with van der Waals surface area (Å²) in [5.41, 5.74) is 1.95. The second-order valence-electron chi connectivity index (χ2n) is 4.72. The van der Waals surface area contributed by atoms with E-state index in [1.807, 2.05) is 42.5 Å². The number of cyclic esters (lactones) is 1. The number of benzene rings is 2. The lowest BCUT2D eigenvalue weighted by atomic mass is 10.2. The summed E-state index contributed by atoms with van der Waals surface area (Å²) in [5, 5.41) is 0. The molecule has 0 aromatic heterocycles. The highest BCUT2D eigenvalue weighted by molar-refractivity contribution is 14.1. The maximum Gasteiger partial charge on any atom is 0.363 e. The number of carbonyl (C=O) groups excluding carboxylic acids is 1. The van der Waals surface area contributed by atoms with Gasteiger partial charge in [0.1, 0.15) is 5.75 Å². The third-order valence-corrected chi connectivity index (χ3v) is 4.77. The van der Waals surface area contributed by atoms with Crippen molar-refractivity contribution in [3.63, 3.8) is 0 Å². The lowest BCUT2D eigenvalue weighted by Gasteiger charge is -2.07. The number of hydrogen-bond donors (Lipinski definition) is 0. The van der Waals surface area contributed by atoms with E-state index >= 15 is 0 Å². The molecule has 1 aliphatic rings. The van der Waals surface area contributed by atoms with Crippen LogP contribution in [0.15, 0.2) is 53.2 Å². The number of hydrogen-bond acceptors (Lipinski definition) is 4. The van der Waals surface area contributed by atoms with Gasteiger partial charge >= 0.3 is 5.97 Å². The first-order valence-electron chi connectivity index (χ1n) is 6.69. The summed E-state index contributed by atoms with van der Waals surface area (Å²) in [4.78, 5) is 16.3. The zero-order valence-corrected chi connectivity index (χ0v) is 16.4. The van der Waals surface area contributed by atoms with Gasteiger partial charge in [0, 0.05) is 5.56 Å².